The molecule has 2 rings (SSSR count). The number of carboxylic acids is 1. The molecule has 0 saturated carbocycles. The van der Waals surface area contributed by atoms with Gasteiger partial charge in [-0.25, -0.2) is 4.79 Å². The minimum Gasteiger partial charge on any atom is -0.480 e. The van der Waals surface area contributed by atoms with Crippen molar-refractivity contribution in [3.05, 3.63) is 42.5 Å². The molecular weight excluding hydrogens is 282 g/mol. The van der Waals surface area contributed by atoms with E-state index >= 15 is 0 Å². The van der Waals surface area contributed by atoms with Crippen LogP contribution in [-0.2, 0) is 9.59 Å². The molecule has 0 fully saturated rings. The lowest BCUT2D eigenvalue weighted by atomic mass is 10.1. The summed E-state index contributed by atoms with van der Waals surface area (Å²) in [5, 5.41) is 13.4. The lowest BCUT2D eigenvalue weighted by Gasteiger charge is -2.24. The van der Waals surface area contributed by atoms with Crippen molar-refractivity contribution < 1.29 is 19.4 Å². The van der Waals surface area contributed by atoms with Crippen molar-refractivity contribution in [2.75, 3.05) is 0 Å². The second kappa shape index (κ2) is 6.05. The van der Waals surface area contributed by atoms with E-state index in [4.69, 9.17) is 9.84 Å². The Morgan fingerprint density at radius 3 is 2.45 bits per heavy atom. The van der Waals surface area contributed by atoms with E-state index in [1.54, 1.807) is 13.0 Å². The molecule has 0 spiro atoms. The van der Waals surface area contributed by atoms with E-state index in [9.17, 15) is 9.59 Å². The van der Waals surface area contributed by atoms with E-state index in [1.807, 2.05) is 36.4 Å². The summed E-state index contributed by atoms with van der Waals surface area (Å²) in [7, 11) is 0. The second-order valence-electron chi connectivity index (χ2n) is 5.66. The SMILES string of the molecule is CC(Oc1cccc2ccccc12)C(=O)NC(C)(C)C(=O)O. The van der Waals surface area contributed by atoms with Crippen LogP contribution in [0.15, 0.2) is 42.5 Å². The fraction of sp³-hybridized carbons (Fsp3) is 0.294. The highest BCUT2D eigenvalue weighted by atomic mass is 16.5. The van der Waals surface area contributed by atoms with E-state index < -0.39 is 23.5 Å². The number of carbonyl (C=O) groups excluding carboxylic acids is 1. The van der Waals surface area contributed by atoms with Crippen LogP contribution < -0.4 is 10.1 Å². The smallest absolute Gasteiger partial charge is 0.328 e. The molecule has 5 nitrogen and oxygen atoms in total. The summed E-state index contributed by atoms with van der Waals surface area (Å²) in [6.07, 6.45) is -0.801. The van der Waals surface area contributed by atoms with Gasteiger partial charge < -0.3 is 15.2 Å². The lowest BCUT2D eigenvalue weighted by Crippen LogP contribution is -2.53. The molecule has 22 heavy (non-hydrogen) atoms. The molecule has 0 aliphatic carbocycles. The zero-order valence-electron chi connectivity index (χ0n) is 12.8. The number of aliphatic carboxylic acids is 1. The van der Waals surface area contributed by atoms with Gasteiger partial charge in [-0.15, -0.1) is 0 Å². The maximum absolute atomic E-state index is 12.1. The van der Waals surface area contributed by atoms with Gasteiger partial charge in [-0.05, 0) is 32.2 Å². The summed E-state index contributed by atoms with van der Waals surface area (Å²) in [6, 6.07) is 13.3. The molecule has 0 aliphatic rings. The summed E-state index contributed by atoms with van der Waals surface area (Å²) in [5.74, 6) is -0.979. The van der Waals surface area contributed by atoms with Crippen LogP contribution in [0.4, 0.5) is 0 Å². The molecule has 2 aromatic rings. The Labute approximate surface area is 128 Å². The molecule has 5 heteroatoms. The molecule has 2 N–H and O–H groups in total. The predicted molar refractivity (Wildman–Crippen MR) is 83.9 cm³/mol. The number of nitrogens with one attached hydrogen (secondary N) is 1. The summed E-state index contributed by atoms with van der Waals surface area (Å²) in [4.78, 5) is 23.2. The summed E-state index contributed by atoms with van der Waals surface area (Å²) >= 11 is 0. The third-order valence-corrected chi connectivity index (χ3v) is 3.39. The fourth-order valence-corrected chi connectivity index (χ4v) is 2.01. The Morgan fingerprint density at radius 2 is 1.77 bits per heavy atom. The molecule has 1 atom stereocenters. The molecule has 0 heterocycles. The average molecular weight is 301 g/mol. The number of amides is 1. The Morgan fingerprint density at radius 1 is 1.14 bits per heavy atom. The van der Waals surface area contributed by atoms with E-state index in [0.717, 1.165) is 10.8 Å². The van der Waals surface area contributed by atoms with E-state index in [-0.39, 0.29) is 0 Å². The topological polar surface area (TPSA) is 75.6 Å². The minimum absolute atomic E-state index is 0.472. The standard InChI is InChI=1S/C17H19NO4/c1-11(15(19)18-17(2,3)16(20)21)22-14-10-6-8-12-7-4-5-9-13(12)14/h4-11H,1-3H3,(H,18,19)(H,20,21). The average Bonchev–Trinajstić information content (AvgIpc) is 2.47. The van der Waals surface area contributed by atoms with Crippen LogP contribution in [0.3, 0.4) is 0 Å². The van der Waals surface area contributed by atoms with E-state index in [0.29, 0.717) is 5.75 Å². The van der Waals surface area contributed by atoms with Gasteiger partial charge >= 0.3 is 5.97 Å². The van der Waals surface area contributed by atoms with Crippen LogP contribution in [0.1, 0.15) is 20.8 Å². The van der Waals surface area contributed by atoms with Crippen LogP contribution in [0.2, 0.25) is 0 Å². The molecule has 116 valence electrons. The van der Waals surface area contributed by atoms with Crippen molar-refractivity contribution >= 4 is 22.6 Å². The third-order valence-electron chi connectivity index (χ3n) is 3.39. The molecule has 0 radical (unpaired) electrons. The maximum Gasteiger partial charge on any atom is 0.328 e. The van der Waals surface area contributed by atoms with Gasteiger partial charge in [-0.3, -0.25) is 4.79 Å². The largest absolute Gasteiger partial charge is 0.480 e. The van der Waals surface area contributed by atoms with Gasteiger partial charge in [0.05, 0.1) is 0 Å². The van der Waals surface area contributed by atoms with Gasteiger partial charge in [0.2, 0.25) is 0 Å². The first-order chi connectivity index (χ1) is 10.3. The Hall–Kier alpha value is -2.56. The van der Waals surface area contributed by atoms with Crippen LogP contribution in [0.5, 0.6) is 5.75 Å². The van der Waals surface area contributed by atoms with Gasteiger partial charge in [-0.1, -0.05) is 36.4 Å². The van der Waals surface area contributed by atoms with Gasteiger partial charge in [0.25, 0.3) is 5.91 Å². The summed E-state index contributed by atoms with van der Waals surface area (Å²) in [5.41, 5.74) is -1.34. The zero-order chi connectivity index (χ0) is 16.3. The lowest BCUT2D eigenvalue weighted by molar-refractivity contribution is -0.147. The van der Waals surface area contributed by atoms with Crippen molar-refractivity contribution in [1.82, 2.24) is 5.32 Å². The first kappa shape index (κ1) is 15.8. The molecule has 1 amide bonds. The van der Waals surface area contributed by atoms with Crippen molar-refractivity contribution in [1.29, 1.82) is 0 Å². The van der Waals surface area contributed by atoms with Crippen molar-refractivity contribution in [2.45, 2.75) is 32.4 Å². The normalized spacial score (nSPS) is 12.7. The van der Waals surface area contributed by atoms with E-state index in [2.05, 4.69) is 5.32 Å². The van der Waals surface area contributed by atoms with Crippen LogP contribution in [0.25, 0.3) is 10.8 Å². The van der Waals surface area contributed by atoms with Crippen molar-refractivity contribution in [3.63, 3.8) is 0 Å². The molecule has 0 bridgehead atoms. The van der Waals surface area contributed by atoms with Gasteiger partial charge in [-0.2, -0.15) is 0 Å². The van der Waals surface area contributed by atoms with Crippen molar-refractivity contribution in [2.24, 2.45) is 0 Å². The zero-order valence-corrected chi connectivity index (χ0v) is 12.8. The molecule has 0 aromatic heterocycles. The van der Waals surface area contributed by atoms with Crippen LogP contribution in [0, 0.1) is 0 Å². The quantitative estimate of drug-likeness (QED) is 0.890. The molecule has 0 aliphatic heterocycles. The first-order valence-corrected chi connectivity index (χ1v) is 7.01. The number of ether oxygens (including phenoxy) is 1. The molecule has 0 saturated heterocycles. The third kappa shape index (κ3) is 3.36. The summed E-state index contributed by atoms with van der Waals surface area (Å²) in [6.45, 7) is 4.45. The Bertz CT molecular complexity index is 703. The second-order valence-corrected chi connectivity index (χ2v) is 5.66. The Balaban J connectivity index is 2.15. The molecular formula is C17H19NO4. The number of benzene rings is 2. The maximum atomic E-state index is 12.1. The highest BCUT2D eigenvalue weighted by Crippen LogP contribution is 2.26. The molecule has 2 aromatic carbocycles. The number of hydrogen-bond acceptors (Lipinski definition) is 3. The highest BCUT2D eigenvalue weighted by Gasteiger charge is 2.31. The minimum atomic E-state index is -1.34. The van der Waals surface area contributed by atoms with Gasteiger partial charge in [0, 0.05) is 5.39 Å². The Kier molecular flexibility index (Phi) is 4.35. The summed E-state index contributed by atoms with van der Waals surface area (Å²) < 4.78 is 5.71. The number of rotatable bonds is 5. The van der Waals surface area contributed by atoms with Gasteiger partial charge in [0.15, 0.2) is 6.10 Å². The number of hydrogen-bond donors (Lipinski definition) is 2. The van der Waals surface area contributed by atoms with Crippen LogP contribution >= 0.6 is 0 Å². The number of fused-ring (bicyclic) bond motifs is 1. The van der Waals surface area contributed by atoms with Gasteiger partial charge in [0.1, 0.15) is 11.3 Å². The van der Waals surface area contributed by atoms with Crippen molar-refractivity contribution in [3.8, 4) is 5.75 Å². The predicted octanol–water partition coefficient (Wildman–Crippen LogP) is 2.59. The fourth-order valence-electron chi connectivity index (χ4n) is 2.01. The highest BCUT2D eigenvalue weighted by molar-refractivity contribution is 5.90. The number of carbonyl (C=O) groups is 2. The number of carboxylic acid groups (broad SMARTS) is 1. The van der Waals surface area contributed by atoms with E-state index in [1.165, 1.54) is 13.8 Å². The monoisotopic (exact) mass is 301 g/mol. The van der Waals surface area contributed by atoms with Crippen LogP contribution in [-0.4, -0.2) is 28.6 Å². The first-order valence-electron chi connectivity index (χ1n) is 7.01. The molecule has 1 unspecified atom stereocenters.